The third kappa shape index (κ3) is 6.05. The average Bonchev–Trinajstić information content (AvgIpc) is 2.27. The molecule has 0 bridgehead atoms. The van der Waals surface area contributed by atoms with E-state index in [1.165, 1.54) is 6.20 Å². The van der Waals surface area contributed by atoms with Gasteiger partial charge in [0.1, 0.15) is 5.82 Å². The molecule has 8 heteroatoms. The van der Waals surface area contributed by atoms with Gasteiger partial charge in [0.2, 0.25) is 5.91 Å². The molecular formula is C11H15F3N4O. The van der Waals surface area contributed by atoms with Crippen LogP contribution >= 0.6 is 0 Å². The Morgan fingerprint density at radius 2 is 2.05 bits per heavy atom. The smallest absolute Gasteiger partial charge is 0.363 e. The summed E-state index contributed by atoms with van der Waals surface area (Å²) >= 11 is 0. The fraction of sp³-hybridized carbons (Fsp3) is 0.455. The number of amides is 1. The van der Waals surface area contributed by atoms with Crippen LogP contribution < -0.4 is 15.5 Å². The number of anilines is 2. The van der Waals surface area contributed by atoms with Crippen molar-refractivity contribution in [3.63, 3.8) is 0 Å². The first-order valence-corrected chi connectivity index (χ1v) is 5.48. The number of nitrogens with zero attached hydrogens (tertiary/aromatic N) is 2. The number of halogens is 3. The number of nitrogens with one attached hydrogen (secondary N) is 2. The molecule has 0 spiro atoms. The maximum absolute atomic E-state index is 11.8. The summed E-state index contributed by atoms with van der Waals surface area (Å²) in [7, 11) is 3.64. The molecule has 0 aromatic carbocycles. The Kier molecular flexibility index (Phi) is 5.11. The fourth-order valence-electron chi connectivity index (χ4n) is 1.25. The van der Waals surface area contributed by atoms with Crippen molar-refractivity contribution in [1.29, 1.82) is 0 Å². The first kappa shape index (κ1) is 15.2. The molecule has 0 aliphatic rings. The highest BCUT2D eigenvalue weighted by Crippen LogP contribution is 2.12. The second kappa shape index (κ2) is 6.37. The molecule has 0 fully saturated rings. The minimum atomic E-state index is -4.32. The molecule has 1 rings (SSSR count). The molecule has 0 saturated carbocycles. The standard InChI is InChI=1S/C11H15F3N4O/c1-18(2)9-4-3-8(5-16-9)17-10(19)6-15-7-11(12,13)14/h3-5,15H,6-7H2,1-2H3,(H,17,19). The van der Waals surface area contributed by atoms with Gasteiger partial charge < -0.3 is 15.5 Å². The zero-order valence-corrected chi connectivity index (χ0v) is 10.6. The number of aromatic nitrogens is 1. The van der Waals surface area contributed by atoms with Gasteiger partial charge in [0.05, 0.1) is 25.0 Å². The molecule has 2 N–H and O–H groups in total. The third-order valence-electron chi connectivity index (χ3n) is 2.10. The Labute approximate surface area is 108 Å². The van der Waals surface area contributed by atoms with Crippen molar-refractivity contribution < 1.29 is 18.0 Å². The molecule has 0 aliphatic carbocycles. The van der Waals surface area contributed by atoms with Crippen molar-refractivity contribution in [2.75, 3.05) is 37.4 Å². The van der Waals surface area contributed by atoms with Gasteiger partial charge in [-0.25, -0.2) is 4.98 Å². The summed E-state index contributed by atoms with van der Waals surface area (Å²) in [6.45, 7) is -1.60. The number of pyridine rings is 1. The van der Waals surface area contributed by atoms with Crippen LogP contribution in [-0.2, 0) is 4.79 Å². The van der Waals surface area contributed by atoms with Gasteiger partial charge in [0.15, 0.2) is 0 Å². The van der Waals surface area contributed by atoms with Crippen LogP contribution in [0.4, 0.5) is 24.7 Å². The molecule has 1 amide bonds. The van der Waals surface area contributed by atoms with E-state index >= 15 is 0 Å². The number of alkyl halides is 3. The van der Waals surface area contributed by atoms with Gasteiger partial charge in [0.25, 0.3) is 0 Å². The highest BCUT2D eigenvalue weighted by atomic mass is 19.4. The largest absolute Gasteiger partial charge is 0.401 e. The van der Waals surface area contributed by atoms with Crippen LogP contribution in [0, 0.1) is 0 Å². The van der Waals surface area contributed by atoms with Gasteiger partial charge in [-0.15, -0.1) is 0 Å². The molecular weight excluding hydrogens is 261 g/mol. The molecule has 106 valence electrons. The van der Waals surface area contributed by atoms with Crippen LogP contribution in [0.15, 0.2) is 18.3 Å². The van der Waals surface area contributed by atoms with Crippen molar-refractivity contribution in [2.45, 2.75) is 6.18 Å². The summed E-state index contributed by atoms with van der Waals surface area (Å²) in [5.41, 5.74) is 0.435. The number of rotatable bonds is 5. The fourth-order valence-corrected chi connectivity index (χ4v) is 1.25. The lowest BCUT2D eigenvalue weighted by Gasteiger charge is -2.12. The molecule has 1 heterocycles. The maximum Gasteiger partial charge on any atom is 0.401 e. The second-order valence-electron chi connectivity index (χ2n) is 4.07. The molecule has 19 heavy (non-hydrogen) atoms. The maximum atomic E-state index is 11.8. The van der Waals surface area contributed by atoms with Crippen molar-refractivity contribution >= 4 is 17.4 Å². The van der Waals surface area contributed by atoms with Crippen LogP contribution in [0.2, 0.25) is 0 Å². The summed E-state index contributed by atoms with van der Waals surface area (Å²) < 4.78 is 35.5. The summed E-state index contributed by atoms with van der Waals surface area (Å²) in [5, 5.41) is 4.45. The Morgan fingerprint density at radius 1 is 1.37 bits per heavy atom. The lowest BCUT2D eigenvalue weighted by molar-refractivity contribution is -0.126. The second-order valence-corrected chi connectivity index (χ2v) is 4.07. The van der Waals surface area contributed by atoms with E-state index in [1.54, 1.807) is 17.0 Å². The van der Waals surface area contributed by atoms with E-state index in [1.807, 2.05) is 19.4 Å². The predicted molar refractivity (Wildman–Crippen MR) is 66.1 cm³/mol. The van der Waals surface area contributed by atoms with Crippen LogP contribution in [0.5, 0.6) is 0 Å². The third-order valence-corrected chi connectivity index (χ3v) is 2.10. The Morgan fingerprint density at radius 3 is 2.53 bits per heavy atom. The normalized spacial score (nSPS) is 11.2. The van der Waals surface area contributed by atoms with E-state index in [0.29, 0.717) is 11.5 Å². The van der Waals surface area contributed by atoms with Gasteiger partial charge in [0, 0.05) is 14.1 Å². The summed E-state index contributed by atoms with van der Waals surface area (Å²) in [5.74, 6) is 0.164. The SMILES string of the molecule is CN(C)c1ccc(NC(=O)CNCC(F)(F)F)cn1. The number of hydrogen-bond donors (Lipinski definition) is 2. The first-order valence-electron chi connectivity index (χ1n) is 5.48. The average molecular weight is 276 g/mol. The van der Waals surface area contributed by atoms with Crippen molar-refractivity contribution in [1.82, 2.24) is 10.3 Å². The lowest BCUT2D eigenvalue weighted by atomic mass is 10.4. The van der Waals surface area contributed by atoms with E-state index < -0.39 is 25.2 Å². The molecule has 5 nitrogen and oxygen atoms in total. The Bertz CT molecular complexity index is 417. The molecule has 1 aromatic heterocycles. The number of carbonyl (C=O) groups is 1. The molecule has 0 saturated heterocycles. The number of carbonyl (C=O) groups excluding carboxylic acids is 1. The van der Waals surface area contributed by atoms with Gasteiger partial charge in [-0.05, 0) is 12.1 Å². The highest BCUT2D eigenvalue weighted by Gasteiger charge is 2.26. The van der Waals surface area contributed by atoms with Crippen LogP contribution in [0.3, 0.4) is 0 Å². The quantitative estimate of drug-likeness (QED) is 0.849. The van der Waals surface area contributed by atoms with Crippen LogP contribution in [-0.4, -0.2) is 44.3 Å². The minimum absolute atomic E-state index is 0.408. The predicted octanol–water partition coefficient (Wildman–Crippen LogP) is 1.24. The molecule has 0 unspecified atom stereocenters. The van der Waals surface area contributed by atoms with E-state index in [2.05, 4.69) is 10.3 Å². The van der Waals surface area contributed by atoms with E-state index in [0.717, 1.165) is 0 Å². The van der Waals surface area contributed by atoms with Gasteiger partial charge >= 0.3 is 6.18 Å². The van der Waals surface area contributed by atoms with Crippen LogP contribution in [0.1, 0.15) is 0 Å². The van der Waals surface area contributed by atoms with Crippen molar-refractivity contribution in [2.24, 2.45) is 0 Å². The zero-order valence-electron chi connectivity index (χ0n) is 10.6. The monoisotopic (exact) mass is 276 g/mol. The molecule has 0 atom stereocenters. The summed E-state index contributed by atoms with van der Waals surface area (Å²) in [6, 6.07) is 3.32. The van der Waals surface area contributed by atoms with E-state index in [-0.39, 0.29) is 0 Å². The Hall–Kier alpha value is -1.83. The zero-order chi connectivity index (χ0) is 14.5. The van der Waals surface area contributed by atoms with Crippen molar-refractivity contribution in [3.8, 4) is 0 Å². The molecule has 0 aliphatic heterocycles. The van der Waals surface area contributed by atoms with E-state index in [9.17, 15) is 18.0 Å². The number of hydrogen-bond acceptors (Lipinski definition) is 4. The minimum Gasteiger partial charge on any atom is -0.363 e. The van der Waals surface area contributed by atoms with E-state index in [4.69, 9.17) is 0 Å². The lowest BCUT2D eigenvalue weighted by Crippen LogP contribution is -2.35. The highest BCUT2D eigenvalue weighted by molar-refractivity contribution is 5.92. The van der Waals surface area contributed by atoms with Crippen molar-refractivity contribution in [3.05, 3.63) is 18.3 Å². The summed E-state index contributed by atoms with van der Waals surface area (Å²) in [6.07, 6.45) is -2.88. The topological polar surface area (TPSA) is 57.3 Å². The van der Waals surface area contributed by atoms with Gasteiger partial charge in [-0.2, -0.15) is 13.2 Å². The molecule has 1 aromatic rings. The Balaban J connectivity index is 2.40. The van der Waals surface area contributed by atoms with Gasteiger partial charge in [-0.1, -0.05) is 0 Å². The first-order chi connectivity index (χ1) is 8.78. The summed E-state index contributed by atoms with van der Waals surface area (Å²) in [4.78, 5) is 17.2. The van der Waals surface area contributed by atoms with Gasteiger partial charge in [-0.3, -0.25) is 4.79 Å². The van der Waals surface area contributed by atoms with Crippen LogP contribution in [0.25, 0.3) is 0 Å². The molecule has 0 radical (unpaired) electrons.